The van der Waals surface area contributed by atoms with Gasteiger partial charge in [0.2, 0.25) is 0 Å². The van der Waals surface area contributed by atoms with Crippen molar-refractivity contribution in [1.29, 1.82) is 0 Å². The van der Waals surface area contributed by atoms with Crippen molar-refractivity contribution < 1.29 is 14.3 Å². The topological polar surface area (TPSA) is 50.8 Å². The van der Waals surface area contributed by atoms with Crippen molar-refractivity contribution >= 4 is 22.4 Å². The van der Waals surface area contributed by atoms with Crippen molar-refractivity contribution in [3.8, 4) is 5.75 Å². The Labute approximate surface area is 176 Å². The molecule has 3 aromatic carbocycles. The average Bonchev–Trinajstić information content (AvgIpc) is 2.79. The van der Waals surface area contributed by atoms with Gasteiger partial charge in [0, 0.05) is 31.5 Å². The number of nitrogens with zero attached hydrogens (tertiary/aromatic N) is 1. The fourth-order valence-corrected chi connectivity index (χ4v) is 3.96. The highest BCUT2D eigenvalue weighted by Gasteiger charge is 2.35. The molecule has 0 aliphatic carbocycles. The van der Waals surface area contributed by atoms with E-state index in [4.69, 9.17) is 9.47 Å². The molecule has 1 atom stereocenters. The van der Waals surface area contributed by atoms with E-state index < -0.39 is 0 Å². The molecular weight excluding hydrogens is 376 g/mol. The molecule has 0 fully saturated rings. The Morgan fingerprint density at radius 2 is 1.90 bits per heavy atom. The van der Waals surface area contributed by atoms with Gasteiger partial charge in [0.25, 0.3) is 5.91 Å². The number of rotatable bonds is 8. The summed E-state index contributed by atoms with van der Waals surface area (Å²) in [5.41, 5.74) is 2.47. The van der Waals surface area contributed by atoms with Crippen LogP contribution in [0.5, 0.6) is 5.75 Å². The quantitative estimate of drug-likeness (QED) is 0.425. The summed E-state index contributed by atoms with van der Waals surface area (Å²) in [5, 5.41) is 5.74. The number of fused-ring (bicyclic) bond motifs is 2. The lowest BCUT2D eigenvalue weighted by Gasteiger charge is -2.39. The summed E-state index contributed by atoms with van der Waals surface area (Å²) in [6, 6.07) is 19.8. The molecule has 0 spiro atoms. The zero-order valence-corrected chi connectivity index (χ0v) is 17.1. The number of para-hydroxylation sites is 1. The summed E-state index contributed by atoms with van der Waals surface area (Å²) in [4.78, 5) is 15.3. The first-order chi connectivity index (χ1) is 14.7. The Bertz CT molecular complexity index is 1060. The third-order valence-electron chi connectivity index (χ3n) is 5.33. The molecule has 5 nitrogen and oxygen atoms in total. The lowest BCUT2D eigenvalue weighted by molar-refractivity contribution is 0.0659. The zero-order valence-electron chi connectivity index (χ0n) is 17.1. The predicted octanol–water partition coefficient (Wildman–Crippen LogP) is 5.01. The van der Waals surface area contributed by atoms with Gasteiger partial charge in [0.05, 0.1) is 5.56 Å². The lowest BCUT2D eigenvalue weighted by atomic mass is 9.97. The highest BCUT2D eigenvalue weighted by Crippen LogP contribution is 2.40. The summed E-state index contributed by atoms with van der Waals surface area (Å²) >= 11 is 0. The van der Waals surface area contributed by atoms with Gasteiger partial charge in [0.1, 0.15) is 18.5 Å². The van der Waals surface area contributed by atoms with Crippen molar-refractivity contribution in [3.05, 3.63) is 84.4 Å². The normalized spacial score (nSPS) is 15.6. The third kappa shape index (κ3) is 3.76. The standard InChI is InChI=1S/C25H26N2O3/c1-3-16-30-22-14-13-18-9-4-5-10-19(18)23(22)24-26-21-12-7-6-11-20(21)25(28)27(24)15-8-17-29-2/h3-7,9-14,24,26H,1,8,15-17H2,2H3. The average molecular weight is 402 g/mol. The van der Waals surface area contributed by atoms with E-state index in [1.54, 1.807) is 13.2 Å². The van der Waals surface area contributed by atoms with Crippen LogP contribution in [-0.2, 0) is 4.74 Å². The highest BCUT2D eigenvalue weighted by molar-refractivity contribution is 6.02. The van der Waals surface area contributed by atoms with Crippen molar-refractivity contribution in [1.82, 2.24) is 4.90 Å². The molecule has 0 radical (unpaired) electrons. The van der Waals surface area contributed by atoms with Gasteiger partial charge in [-0.05, 0) is 35.4 Å². The van der Waals surface area contributed by atoms with Crippen LogP contribution in [0.15, 0.2) is 73.3 Å². The first-order valence-electron chi connectivity index (χ1n) is 10.2. The Morgan fingerprint density at radius 1 is 1.10 bits per heavy atom. The number of ether oxygens (including phenoxy) is 2. The molecule has 5 heteroatoms. The number of benzene rings is 3. The molecule has 3 aromatic rings. The maximum atomic E-state index is 13.4. The number of nitrogens with one attached hydrogen (secondary N) is 1. The molecule has 154 valence electrons. The molecule has 0 saturated carbocycles. The largest absolute Gasteiger partial charge is 0.489 e. The Balaban J connectivity index is 1.86. The van der Waals surface area contributed by atoms with Gasteiger partial charge in [-0.2, -0.15) is 0 Å². The van der Waals surface area contributed by atoms with Crippen molar-refractivity contribution in [2.75, 3.05) is 32.2 Å². The van der Waals surface area contributed by atoms with E-state index in [1.165, 1.54) is 0 Å². The predicted molar refractivity (Wildman–Crippen MR) is 120 cm³/mol. The van der Waals surface area contributed by atoms with Crippen LogP contribution >= 0.6 is 0 Å². The zero-order chi connectivity index (χ0) is 20.9. The molecule has 0 bridgehead atoms. The van der Waals surface area contributed by atoms with Crippen LogP contribution in [0.4, 0.5) is 5.69 Å². The number of hydrogen-bond donors (Lipinski definition) is 1. The summed E-state index contributed by atoms with van der Waals surface area (Å²) in [6.45, 7) is 5.33. The molecule has 30 heavy (non-hydrogen) atoms. The molecule has 1 aliphatic rings. The summed E-state index contributed by atoms with van der Waals surface area (Å²) < 4.78 is 11.3. The summed E-state index contributed by atoms with van der Waals surface area (Å²) in [6.07, 6.45) is 2.12. The van der Waals surface area contributed by atoms with Gasteiger partial charge in [-0.1, -0.05) is 55.1 Å². The van der Waals surface area contributed by atoms with Gasteiger partial charge in [-0.3, -0.25) is 4.79 Å². The van der Waals surface area contributed by atoms with Crippen LogP contribution in [0.2, 0.25) is 0 Å². The molecule has 1 N–H and O–H groups in total. The molecule has 0 saturated heterocycles. The number of hydrogen-bond acceptors (Lipinski definition) is 4. The van der Waals surface area contributed by atoms with Crippen LogP contribution in [0.3, 0.4) is 0 Å². The first-order valence-corrected chi connectivity index (χ1v) is 10.2. The van der Waals surface area contributed by atoms with Crippen LogP contribution in [0.25, 0.3) is 10.8 Å². The minimum atomic E-state index is -0.352. The number of anilines is 1. The smallest absolute Gasteiger partial charge is 0.257 e. The summed E-state index contributed by atoms with van der Waals surface area (Å²) in [7, 11) is 1.68. The first kappa shape index (κ1) is 20.0. The van der Waals surface area contributed by atoms with E-state index in [1.807, 2.05) is 53.4 Å². The maximum absolute atomic E-state index is 13.4. The van der Waals surface area contributed by atoms with Gasteiger partial charge in [-0.15, -0.1) is 0 Å². The minimum Gasteiger partial charge on any atom is -0.489 e. The monoisotopic (exact) mass is 402 g/mol. The van der Waals surface area contributed by atoms with E-state index in [2.05, 4.69) is 24.0 Å². The van der Waals surface area contributed by atoms with Crippen LogP contribution in [0.1, 0.15) is 28.5 Å². The molecular formula is C25H26N2O3. The molecule has 1 unspecified atom stereocenters. The van der Waals surface area contributed by atoms with Crippen LogP contribution in [-0.4, -0.2) is 37.7 Å². The van der Waals surface area contributed by atoms with Crippen molar-refractivity contribution in [2.45, 2.75) is 12.6 Å². The van der Waals surface area contributed by atoms with E-state index in [0.717, 1.165) is 34.2 Å². The van der Waals surface area contributed by atoms with Crippen molar-refractivity contribution in [3.63, 3.8) is 0 Å². The fraction of sp³-hybridized carbons (Fsp3) is 0.240. The van der Waals surface area contributed by atoms with Gasteiger partial charge < -0.3 is 19.7 Å². The molecule has 0 aromatic heterocycles. The highest BCUT2D eigenvalue weighted by atomic mass is 16.5. The molecule has 1 aliphatic heterocycles. The second-order valence-electron chi connectivity index (χ2n) is 7.24. The second kappa shape index (κ2) is 9.01. The number of methoxy groups -OCH3 is 1. The molecule has 4 rings (SSSR count). The third-order valence-corrected chi connectivity index (χ3v) is 5.33. The van der Waals surface area contributed by atoms with E-state index in [9.17, 15) is 4.79 Å². The van der Waals surface area contributed by atoms with E-state index in [0.29, 0.717) is 25.3 Å². The van der Waals surface area contributed by atoms with E-state index >= 15 is 0 Å². The second-order valence-corrected chi connectivity index (χ2v) is 7.24. The van der Waals surface area contributed by atoms with Crippen LogP contribution < -0.4 is 10.1 Å². The lowest BCUT2D eigenvalue weighted by Crippen LogP contribution is -2.44. The van der Waals surface area contributed by atoms with Gasteiger partial charge in [-0.25, -0.2) is 0 Å². The minimum absolute atomic E-state index is 0.00746. The Kier molecular flexibility index (Phi) is 6.00. The van der Waals surface area contributed by atoms with Gasteiger partial charge in [0.15, 0.2) is 0 Å². The maximum Gasteiger partial charge on any atom is 0.257 e. The number of carbonyl (C=O) groups excluding carboxylic acids is 1. The van der Waals surface area contributed by atoms with E-state index in [-0.39, 0.29) is 12.1 Å². The Morgan fingerprint density at radius 3 is 2.73 bits per heavy atom. The number of amides is 1. The van der Waals surface area contributed by atoms with Gasteiger partial charge >= 0.3 is 0 Å². The molecule has 1 amide bonds. The Hall–Kier alpha value is -3.31. The van der Waals surface area contributed by atoms with Crippen LogP contribution in [0, 0.1) is 0 Å². The summed E-state index contributed by atoms with van der Waals surface area (Å²) in [5.74, 6) is 0.753. The SMILES string of the molecule is C=CCOc1ccc2ccccc2c1C1Nc2ccccc2C(=O)N1CCCOC. The number of carbonyl (C=O) groups is 1. The molecule has 1 heterocycles. The fourth-order valence-electron chi connectivity index (χ4n) is 3.96. The van der Waals surface area contributed by atoms with Crippen molar-refractivity contribution in [2.24, 2.45) is 0 Å².